The molecule has 1 aromatic carbocycles. The fourth-order valence-electron chi connectivity index (χ4n) is 1.91. The molecule has 0 spiro atoms. The number of imidazole rings is 1. The summed E-state index contributed by atoms with van der Waals surface area (Å²) in [5.41, 5.74) is 0.747. The van der Waals surface area contributed by atoms with Crippen molar-refractivity contribution in [2.75, 3.05) is 6.54 Å². The number of halogens is 2. The quantitative estimate of drug-likeness (QED) is 0.788. The number of aromatic amines is 1. The van der Waals surface area contributed by atoms with E-state index in [1.807, 2.05) is 6.92 Å². The molecule has 19 heavy (non-hydrogen) atoms. The predicted molar refractivity (Wildman–Crippen MR) is 69.7 cm³/mol. The van der Waals surface area contributed by atoms with Crippen molar-refractivity contribution in [1.29, 1.82) is 0 Å². The molecule has 0 saturated heterocycles. The van der Waals surface area contributed by atoms with E-state index in [2.05, 4.69) is 15.3 Å². The molecule has 1 unspecified atom stereocenters. The fraction of sp³-hybridized carbons (Fsp3) is 0.357. The van der Waals surface area contributed by atoms with Crippen LogP contribution in [0.3, 0.4) is 0 Å². The van der Waals surface area contributed by atoms with Crippen molar-refractivity contribution >= 4 is 0 Å². The van der Waals surface area contributed by atoms with E-state index in [0.29, 0.717) is 0 Å². The largest absolute Gasteiger partial charge is 0.349 e. The summed E-state index contributed by atoms with van der Waals surface area (Å²) in [6.45, 7) is 2.72. The van der Waals surface area contributed by atoms with Gasteiger partial charge in [-0.1, -0.05) is 6.07 Å². The Labute approximate surface area is 111 Å². The lowest BCUT2D eigenvalue weighted by atomic mass is 10.1. The zero-order chi connectivity index (χ0) is 13.7. The van der Waals surface area contributed by atoms with Crippen molar-refractivity contribution in [2.45, 2.75) is 25.8 Å². The lowest BCUT2D eigenvalue weighted by Crippen LogP contribution is -2.20. The van der Waals surface area contributed by atoms with Gasteiger partial charge in [0.05, 0.1) is 0 Å². The minimum atomic E-state index is -0.811. The number of aryl methyl sites for hydroxylation is 1. The number of rotatable bonds is 6. The molecule has 5 heteroatoms. The highest BCUT2D eigenvalue weighted by Crippen LogP contribution is 2.15. The second-order valence-corrected chi connectivity index (χ2v) is 4.49. The summed E-state index contributed by atoms with van der Waals surface area (Å²) in [5.74, 6) is -0.655. The summed E-state index contributed by atoms with van der Waals surface area (Å²) < 4.78 is 25.9. The first kappa shape index (κ1) is 13.7. The number of hydrogen-bond acceptors (Lipinski definition) is 2. The Hall–Kier alpha value is -1.75. The van der Waals surface area contributed by atoms with E-state index in [1.54, 1.807) is 18.5 Å². The zero-order valence-electron chi connectivity index (χ0n) is 10.8. The first-order valence-corrected chi connectivity index (χ1v) is 6.33. The van der Waals surface area contributed by atoms with E-state index in [9.17, 15) is 8.78 Å². The van der Waals surface area contributed by atoms with Crippen LogP contribution in [0.1, 0.15) is 30.8 Å². The van der Waals surface area contributed by atoms with Crippen molar-refractivity contribution in [3.8, 4) is 0 Å². The van der Waals surface area contributed by atoms with Crippen molar-refractivity contribution in [2.24, 2.45) is 0 Å². The Morgan fingerprint density at radius 1 is 1.32 bits per heavy atom. The van der Waals surface area contributed by atoms with Gasteiger partial charge in [-0.05, 0) is 37.6 Å². The van der Waals surface area contributed by atoms with Crippen molar-refractivity contribution in [1.82, 2.24) is 15.3 Å². The first-order valence-electron chi connectivity index (χ1n) is 6.33. The third kappa shape index (κ3) is 3.86. The Morgan fingerprint density at radius 2 is 2.16 bits per heavy atom. The highest BCUT2D eigenvalue weighted by atomic mass is 19.2. The predicted octanol–water partition coefficient (Wildman–Crippen LogP) is 2.97. The van der Waals surface area contributed by atoms with Gasteiger partial charge in [-0.25, -0.2) is 13.8 Å². The second-order valence-electron chi connectivity index (χ2n) is 4.49. The average molecular weight is 265 g/mol. The number of nitrogens with zero attached hydrogens (tertiary/aromatic N) is 1. The van der Waals surface area contributed by atoms with Gasteiger partial charge in [0.2, 0.25) is 0 Å². The molecule has 0 aliphatic rings. The molecule has 1 heterocycles. The third-order valence-corrected chi connectivity index (χ3v) is 3.04. The SMILES string of the molecule is CC(NCCCc1ncc[nH]1)c1ccc(F)c(F)c1. The van der Waals surface area contributed by atoms with Crippen molar-refractivity contribution in [3.05, 3.63) is 53.6 Å². The third-order valence-electron chi connectivity index (χ3n) is 3.04. The zero-order valence-corrected chi connectivity index (χ0v) is 10.8. The highest BCUT2D eigenvalue weighted by molar-refractivity contribution is 5.20. The van der Waals surface area contributed by atoms with Gasteiger partial charge in [0.25, 0.3) is 0 Å². The maximum atomic E-state index is 13.1. The lowest BCUT2D eigenvalue weighted by molar-refractivity contribution is 0.499. The molecule has 0 amide bonds. The van der Waals surface area contributed by atoms with E-state index in [1.165, 1.54) is 6.07 Å². The van der Waals surface area contributed by atoms with Crippen LogP contribution < -0.4 is 5.32 Å². The van der Waals surface area contributed by atoms with E-state index in [0.717, 1.165) is 36.8 Å². The minimum absolute atomic E-state index is 0.00768. The topological polar surface area (TPSA) is 40.7 Å². The monoisotopic (exact) mass is 265 g/mol. The number of H-pyrrole nitrogens is 1. The molecular formula is C14H17F2N3. The van der Waals surface area contributed by atoms with Gasteiger partial charge >= 0.3 is 0 Å². The number of nitrogens with one attached hydrogen (secondary N) is 2. The van der Waals surface area contributed by atoms with Crippen LogP contribution >= 0.6 is 0 Å². The molecule has 0 aliphatic carbocycles. The Bertz CT molecular complexity index is 511. The smallest absolute Gasteiger partial charge is 0.159 e. The standard InChI is InChI=1S/C14H17F2N3/c1-10(11-4-5-12(15)13(16)9-11)17-6-2-3-14-18-7-8-19-14/h4-5,7-10,17H,2-3,6H2,1H3,(H,18,19). The van der Waals surface area contributed by atoms with Gasteiger partial charge in [0.1, 0.15) is 5.82 Å². The van der Waals surface area contributed by atoms with Gasteiger partial charge in [-0.15, -0.1) is 0 Å². The van der Waals surface area contributed by atoms with Gasteiger partial charge in [0, 0.05) is 24.9 Å². The van der Waals surface area contributed by atoms with Crippen LogP contribution in [0.25, 0.3) is 0 Å². The number of benzene rings is 1. The maximum Gasteiger partial charge on any atom is 0.159 e. The summed E-state index contributed by atoms with van der Waals surface area (Å²) >= 11 is 0. The summed E-state index contributed by atoms with van der Waals surface area (Å²) in [6, 6.07) is 3.99. The second kappa shape index (κ2) is 6.43. The molecule has 0 bridgehead atoms. The first-order chi connectivity index (χ1) is 9.16. The summed E-state index contributed by atoms with van der Waals surface area (Å²) in [7, 11) is 0. The van der Waals surface area contributed by atoms with E-state index >= 15 is 0 Å². The molecule has 0 aliphatic heterocycles. The molecule has 0 saturated carbocycles. The van der Waals surface area contributed by atoms with Crippen LogP contribution in [0.2, 0.25) is 0 Å². The van der Waals surface area contributed by atoms with E-state index in [-0.39, 0.29) is 6.04 Å². The Kier molecular flexibility index (Phi) is 4.63. The molecule has 1 aromatic heterocycles. The molecule has 102 valence electrons. The lowest BCUT2D eigenvalue weighted by Gasteiger charge is -2.14. The average Bonchev–Trinajstić information content (AvgIpc) is 2.91. The Morgan fingerprint density at radius 3 is 2.84 bits per heavy atom. The van der Waals surface area contributed by atoms with Crippen LogP contribution in [-0.2, 0) is 6.42 Å². The molecule has 1 atom stereocenters. The van der Waals surface area contributed by atoms with E-state index < -0.39 is 11.6 Å². The van der Waals surface area contributed by atoms with E-state index in [4.69, 9.17) is 0 Å². The van der Waals surface area contributed by atoms with Gasteiger partial charge in [-0.3, -0.25) is 0 Å². The molecule has 2 N–H and O–H groups in total. The van der Waals surface area contributed by atoms with Crippen molar-refractivity contribution < 1.29 is 8.78 Å². The van der Waals surface area contributed by atoms with Gasteiger partial charge in [0.15, 0.2) is 11.6 Å². The molecule has 2 aromatic rings. The molecule has 2 rings (SSSR count). The summed E-state index contributed by atoms with van der Waals surface area (Å²) in [6.07, 6.45) is 5.32. The van der Waals surface area contributed by atoms with Crippen LogP contribution in [0.4, 0.5) is 8.78 Å². The number of hydrogen-bond donors (Lipinski definition) is 2. The fourth-order valence-corrected chi connectivity index (χ4v) is 1.91. The summed E-state index contributed by atoms with van der Waals surface area (Å²) in [4.78, 5) is 7.18. The summed E-state index contributed by atoms with van der Waals surface area (Å²) in [5, 5.41) is 3.28. The van der Waals surface area contributed by atoms with Crippen LogP contribution in [0, 0.1) is 11.6 Å². The van der Waals surface area contributed by atoms with Crippen LogP contribution in [0.15, 0.2) is 30.6 Å². The Balaban J connectivity index is 1.77. The molecular weight excluding hydrogens is 248 g/mol. The van der Waals surface area contributed by atoms with Crippen LogP contribution in [-0.4, -0.2) is 16.5 Å². The number of aromatic nitrogens is 2. The van der Waals surface area contributed by atoms with Crippen LogP contribution in [0.5, 0.6) is 0 Å². The van der Waals surface area contributed by atoms with Crippen molar-refractivity contribution in [3.63, 3.8) is 0 Å². The van der Waals surface area contributed by atoms with Gasteiger partial charge < -0.3 is 10.3 Å². The minimum Gasteiger partial charge on any atom is -0.349 e. The molecule has 3 nitrogen and oxygen atoms in total. The highest BCUT2D eigenvalue weighted by Gasteiger charge is 2.08. The molecule has 0 fully saturated rings. The normalized spacial score (nSPS) is 12.6. The molecule has 0 radical (unpaired) electrons. The van der Waals surface area contributed by atoms with Gasteiger partial charge in [-0.2, -0.15) is 0 Å². The maximum absolute atomic E-state index is 13.1.